The van der Waals surface area contributed by atoms with Crippen LogP contribution in [0, 0.1) is 6.92 Å². The zero-order valence-electron chi connectivity index (χ0n) is 11.7. The number of hydrogen-bond donors (Lipinski definition) is 1. The van der Waals surface area contributed by atoms with Crippen LogP contribution < -0.4 is 5.73 Å². The van der Waals surface area contributed by atoms with Crippen molar-refractivity contribution in [2.24, 2.45) is 5.73 Å². The number of benzene rings is 1. The molecule has 0 aliphatic carbocycles. The van der Waals surface area contributed by atoms with Crippen molar-refractivity contribution in [1.29, 1.82) is 0 Å². The number of fused-ring (bicyclic) bond motifs is 1. The standard InChI is InChI=1S/C14H17N3O2S.ClH/c1-10-4-5-13(12-3-2-7-16-14(10)12)20(18,19)17-8-6-11(15)9-17;/h2-5,7,11H,6,8-9,15H2,1H3;1H/t11-;/m0./s1. The molecule has 0 radical (unpaired) electrons. The molecule has 3 rings (SSSR count). The average Bonchev–Trinajstić information content (AvgIpc) is 2.87. The molecule has 0 bridgehead atoms. The van der Waals surface area contributed by atoms with E-state index in [0.29, 0.717) is 29.8 Å². The quantitative estimate of drug-likeness (QED) is 0.910. The van der Waals surface area contributed by atoms with Crippen LogP contribution in [0.25, 0.3) is 10.9 Å². The molecule has 0 saturated carbocycles. The summed E-state index contributed by atoms with van der Waals surface area (Å²) < 4.78 is 27.0. The molecular formula is C14H18ClN3O2S. The number of pyridine rings is 1. The maximum absolute atomic E-state index is 12.7. The van der Waals surface area contributed by atoms with Gasteiger partial charge in [-0.25, -0.2) is 8.42 Å². The molecule has 21 heavy (non-hydrogen) atoms. The van der Waals surface area contributed by atoms with Gasteiger partial charge < -0.3 is 5.73 Å². The summed E-state index contributed by atoms with van der Waals surface area (Å²) in [6.45, 7) is 2.80. The van der Waals surface area contributed by atoms with Gasteiger partial charge in [0.05, 0.1) is 10.4 Å². The lowest BCUT2D eigenvalue weighted by Gasteiger charge is -2.17. The molecule has 1 aromatic heterocycles. The Morgan fingerprint density at radius 1 is 1.33 bits per heavy atom. The molecule has 2 heterocycles. The van der Waals surface area contributed by atoms with Crippen LogP contribution in [-0.4, -0.2) is 36.8 Å². The second-order valence-electron chi connectivity index (χ2n) is 5.19. The Morgan fingerprint density at radius 2 is 2.10 bits per heavy atom. The summed E-state index contributed by atoms with van der Waals surface area (Å²) in [5.41, 5.74) is 7.52. The summed E-state index contributed by atoms with van der Waals surface area (Å²) in [4.78, 5) is 4.61. The van der Waals surface area contributed by atoms with E-state index in [4.69, 9.17) is 5.73 Å². The first kappa shape index (κ1) is 16.2. The van der Waals surface area contributed by atoms with Crippen LogP contribution >= 0.6 is 12.4 Å². The van der Waals surface area contributed by atoms with Crippen molar-refractivity contribution in [3.8, 4) is 0 Å². The number of aryl methyl sites for hydroxylation is 1. The molecule has 2 aromatic rings. The second-order valence-corrected chi connectivity index (χ2v) is 7.10. The Hall–Kier alpha value is -1.21. The Morgan fingerprint density at radius 3 is 2.76 bits per heavy atom. The molecular weight excluding hydrogens is 310 g/mol. The van der Waals surface area contributed by atoms with Gasteiger partial charge in [-0.15, -0.1) is 12.4 Å². The lowest BCUT2D eigenvalue weighted by atomic mass is 10.1. The molecule has 1 fully saturated rings. The van der Waals surface area contributed by atoms with Crippen molar-refractivity contribution in [2.45, 2.75) is 24.3 Å². The van der Waals surface area contributed by atoms with Crippen molar-refractivity contribution in [1.82, 2.24) is 9.29 Å². The summed E-state index contributed by atoms with van der Waals surface area (Å²) in [7, 11) is -3.50. The van der Waals surface area contributed by atoms with Crippen molar-refractivity contribution in [2.75, 3.05) is 13.1 Å². The van der Waals surface area contributed by atoms with E-state index < -0.39 is 10.0 Å². The van der Waals surface area contributed by atoms with Gasteiger partial charge in [-0.05, 0) is 37.1 Å². The minimum Gasteiger partial charge on any atom is -0.326 e. The number of rotatable bonds is 2. The summed E-state index contributed by atoms with van der Waals surface area (Å²) in [5, 5.41) is 0.674. The van der Waals surface area contributed by atoms with Crippen LogP contribution in [0.15, 0.2) is 35.4 Å². The van der Waals surface area contributed by atoms with Gasteiger partial charge in [0.2, 0.25) is 10.0 Å². The Kier molecular flexibility index (Phi) is 4.53. The molecule has 0 spiro atoms. The van der Waals surface area contributed by atoms with Gasteiger partial charge in [-0.3, -0.25) is 4.98 Å². The number of hydrogen-bond acceptors (Lipinski definition) is 4. The molecule has 114 valence electrons. The highest BCUT2D eigenvalue weighted by molar-refractivity contribution is 7.89. The molecule has 1 aliphatic heterocycles. The third-order valence-electron chi connectivity index (χ3n) is 3.74. The molecule has 1 aliphatic rings. The molecule has 2 N–H and O–H groups in total. The zero-order valence-corrected chi connectivity index (χ0v) is 13.3. The normalized spacial score (nSPS) is 19.6. The molecule has 7 heteroatoms. The highest BCUT2D eigenvalue weighted by Gasteiger charge is 2.32. The minimum absolute atomic E-state index is 0. The highest BCUT2D eigenvalue weighted by atomic mass is 35.5. The van der Waals surface area contributed by atoms with E-state index in [0.717, 1.165) is 11.1 Å². The molecule has 0 amide bonds. The zero-order chi connectivity index (χ0) is 14.3. The first-order valence-corrected chi connectivity index (χ1v) is 8.04. The average molecular weight is 328 g/mol. The highest BCUT2D eigenvalue weighted by Crippen LogP contribution is 2.28. The predicted octanol–water partition coefficient (Wildman–Crippen LogP) is 1.69. The lowest BCUT2D eigenvalue weighted by Crippen LogP contribution is -2.32. The maximum Gasteiger partial charge on any atom is 0.243 e. The molecule has 0 unspecified atom stereocenters. The number of halogens is 1. The third kappa shape index (κ3) is 2.76. The monoisotopic (exact) mass is 327 g/mol. The first-order valence-electron chi connectivity index (χ1n) is 6.60. The van der Waals surface area contributed by atoms with Crippen LogP contribution in [-0.2, 0) is 10.0 Å². The summed E-state index contributed by atoms with van der Waals surface area (Å²) >= 11 is 0. The van der Waals surface area contributed by atoms with Gasteiger partial charge in [-0.2, -0.15) is 4.31 Å². The largest absolute Gasteiger partial charge is 0.326 e. The minimum atomic E-state index is -3.50. The van der Waals surface area contributed by atoms with Crippen LogP contribution in [0.4, 0.5) is 0 Å². The Labute approximate surface area is 130 Å². The summed E-state index contributed by atoms with van der Waals surface area (Å²) in [5.74, 6) is 0. The summed E-state index contributed by atoms with van der Waals surface area (Å²) in [6, 6.07) is 6.96. The van der Waals surface area contributed by atoms with Gasteiger partial charge in [0.15, 0.2) is 0 Å². The first-order chi connectivity index (χ1) is 9.50. The van der Waals surface area contributed by atoms with Crippen LogP contribution in [0.1, 0.15) is 12.0 Å². The fourth-order valence-electron chi connectivity index (χ4n) is 2.62. The molecule has 1 saturated heterocycles. The van der Waals surface area contributed by atoms with Crippen LogP contribution in [0.5, 0.6) is 0 Å². The fourth-order valence-corrected chi connectivity index (χ4v) is 4.32. The SMILES string of the molecule is Cc1ccc(S(=O)(=O)N2CC[C@H](N)C2)c2cccnc12.Cl. The van der Waals surface area contributed by atoms with E-state index >= 15 is 0 Å². The molecule has 5 nitrogen and oxygen atoms in total. The topological polar surface area (TPSA) is 76.3 Å². The van der Waals surface area contributed by atoms with E-state index in [1.54, 1.807) is 30.5 Å². The van der Waals surface area contributed by atoms with Gasteiger partial charge >= 0.3 is 0 Å². The predicted molar refractivity (Wildman–Crippen MR) is 85.1 cm³/mol. The van der Waals surface area contributed by atoms with E-state index in [9.17, 15) is 8.42 Å². The van der Waals surface area contributed by atoms with Crippen LogP contribution in [0.3, 0.4) is 0 Å². The number of aromatic nitrogens is 1. The van der Waals surface area contributed by atoms with Crippen molar-refractivity contribution < 1.29 is 8.42 Å². The van der Waals surface area contributed by atoms with E-state index in [2.05, 4.69) is 4.98 Å². The van der Waals surface area contributed by atoms with Gasteiger partial charge in [0.25, 0.3) is 0 Å². The third-order valence-corrected chi connectivity index (χ3v) is 5.66. The fraction of sp³-hybridized carbons (Fsp3) is 0.357. The van der Waals surface area contributed by atoms with Gasteiger partial charge in [-0.1, -0.05) is 6.07 Å². The molecule has 1 atom stereocenters. The van der Waals surface area contributed by atoms with Crippen molar-refractivity contribution in [3.05, 3.63) is 36.0 Å². The molecule has 1 aromatic carbocycles. The Bertz CT molecular complexity index is 764. The van der Waals surface area contributed by atoms with Crippen molar-refractivity contribution >= 4 is 33.3 Å². The number of sulfonamides is 1. The smallest absolute Gasteiger partial charge is 0.243 e. The van der Waals surface area contributed by atoms with E-state index in [1.807, 2.05) is 6.92 Å². The van der Waals surface area contributed by atoms with Crippen LogP contribution in [0.2, 0.25) is 0 Å². The van der Waals surface area contributed by atoms with E-state index in [1.165, 1.54) is 4.31 Å². The summed E-state index contributed by atoms with van der Waals surface area (Å²) in [6.07, 6.45) is 2.39. The Balaban J connectivity index is 0.00000161. The van der Waals surface area contributed by atoms with Crippen molar-refractivity contribution in [3.63, 3.8) is 0 Å². The van der Waals surface area contributed by atoms with E-state index in [-0.39, 0.29) is 18.4 Å². The van der Waals surface area contributed by atoms with Gasteiger partial charge in [0.1, 0.15) is 0 Å². The maximum atomic E-state index is 12.7. The lowest BCUT2D eigenvalue weighted by molar-refractivity contribution is 0.473. The van der Waals surface area contributed by atoms with Gasteiger partial charge in [0, 0.05) is 30.7 Å². The number of nitrogens with zero attached hydrogens (tertiary/aromatic N) is 2. The number of nitrogens with two attached hydrogens (primary N) is 1. The second kappa shape index (κ2) is 5.88.